The predicted molar refractivity (Wildman–Crippen MR) is 383 cm³/mol. The molecule has 1 heterocycles. The lowest BCUT2D eigenvalue weighted by Gasteiger charge is -2.29. The van der Waals surface area contributed by atoms with Crippen LogP contribution in [-0.2, 0) is 66.7 Å². The second-order valence-electron chi connectivity index (χ2n) is 25.2. The van der Waals surface area contributed by atoms with Crippen molar-refractivity contribution in [1.29, 1.82) is 0 Å². The van der Waals surface area contributed by atoms with Crippen molar-refractivity contribution in [3.8, 4) is 0 Å². The van der Waals surface area contributed by atoms with E-state index in [4.69, 9.17) is 0 Å². The molecule has 0 unspecified atom stereocenters. The zero-order chi connectivity index (χ0) is 70.0. The van der Waals surface area contributed by atoms with Crippen molar-refractivity contribution in [2.45, 2.75) is 135 Å². The van der Waals surface area contributed by atoms with Crippen molar-refractivity contribution in [2.75, 3.05) is 91.6 Å². The van der Waals surface area contributed by atoms with Crippen molar-refractivity contribution >= 4 is 60.1 Å². The van der Waals surface area contributed by atoms with E-state index < -0.39 is 60.1 Å². The molecule has 0 aromatic heterocycles. The Morgan fingerprint density at radius 3 is 0.567 bits per heavy atom. The number of aryl methyl sites for hydroxylation is 6. The average molecular weight is 1440 g/mol. The van der Waals surface area contributed by atoms with Crippen LogP contribution in [0.2, 0.25) is 0 Å². The fourth-order valence-corrected chi connectivity index (χ4v) is 20.8. The molecule has 1 aliphatic heterocycles. The van der Waals surface area contributed by atoms with Crippen LogP contribution in [0.5, 0.6) is 0 Å². The summed E-state index contributed by atoms with van der Waals surface area (Å²) in [6, 6.07) is 48.7. The third-order valence-corrected chi connectivity index (χ3v) is 29.0. The molecule has 1 saturated heterocycles. The van der Waals surface area contributed by atoms with Gasteiger partial charge in [-0.15, -0.1) is 0 Å². The molecule has 97 heavy (non-hydrogen) atoms. The Balaban J connectivity index is 1.17. The van der Waals surface area contributed by atoms with Gasteiger partial charge in [-0.05, 0) is 191 Å². The maximum absolute atomic E-state index is 14.8. The van der Waals surface area contributed by atoms with Gasteiger partial charge in [-0.2, -0.15) is 25.8 Å². The Labute approximate surface area is 579 Å². The Kier molecular flexibility index (Phi) is 27.5. The standard InChI is InChI=1S/C72H95N7O12S6/c1-60-21-33-67(34-22-60)92(80,81)74-47-10-12-49-76(94(84,85)69-37-25-62(3)26-38-69)53-16-55-78(96(88,89)71-41-29-64(5)30-42-71)57-18-58-79(97(90,91)72-43-31-65(6)32-44-72)56-17-54-77(95(86,87)70-39-27-63(4)28-40-70)50-13-11-48-75(93(82,83)68-35-23-61(2)24-36-68)52-15-46-73(45-14-51-74)59-66-19-8-7-9-20-66/h7-9,19-44H,10-18,45-59H2,1-6H3. The van der Waals surface area contributed by atoms with Crippen LogP contribution in [0.15, 0.2) is 205 Å². The highest BCUT2D eigenvalue weighted by atomic mass is 32.2. The van der Waals surface area contributed by atoms with Crippen molar-refractivity contribution in [1.82, 2.24) is 30.7 Å². The van der Waals surface area contributed by atoms with Crippen LogP contribution in [0.3, 0.4) is 0 Å². The topological polar surface area (TPSA) is 228 Å². The van der Waals surface area contributed by atoms with Crippen LogP contribution in [0.25, 0.3) is 0 Å². The van der Waals surface area contributed by atoms with Gasteiger partial charge in [-0.3, -0.25) is 4.90 Å². The first-order chi connectivity index (χ1) is 46.1. The predicted octanol–water partition coefficient (Wildman–Crippen LogP) is 11.0. The van der Waals surface area contributed by atoms with Gasteiger partial charge in [0, 0.05) is 85.1 Å². The number of hydrogen-bond donors (Lipinski definition) is 0. The van der Waals surface area contributed by atoms with E-state index in [-0.39, 0.29) is 153 Å². The Bertz CT molecular complexity index is 4100. The summed E-state index contributed by atoms with van der Waals surface area (Å²) in [6.45, 7) is 11.8. The molecule has 8 rings (SSSR count). The smallest absolute Gasteiger partial charge is 0.243 e. The molecule has 19 nitrogen and oxygen atoms in total. The lowest BCUT2D eigenvalue weighted by molar-refractivity contribution is 0.238. The first-order valence-corrected chi connectivity index (χ1v) is 41.9. The van der Waals surface area contributed by atoms with Crippen LogP contribution >= 0.6 is 0 Å². The summed E-state index contributed by atoms with van der Waals surface area (Å²) in [5.74, 6) is 0. The highest BCUT2D eigenvalue weighted by Gasteiger charge is 2.33. The van der Waals surface area contributed by atoms with E-state index in [1.54, 1.807) is 97.1 Å². The van der Waals surface area contributed by atoms with Crippen LogP contribution < -0.4 is 0 Å². The molecular formula is C72H95N7O12S6. The van der Waals surface area contributed by atoms with Gasteiger partial charge in [0.15, 0.2) is 0 Å². The first-order valence-electron chi connectivity index (χ1n) is 33.3. The molecule has 0 radical (unpaired) electrons. The minimum Gasteiger partial charge on any atom is -0.299 e. The third-order valence-electron chi connectivity index (χ3n) is 17.5. The lowest BCUT2D eigenvalue weighted by Crippen LogP contribution is -2.40. The molecule has 7 aromatic rings. The van der Waals surface area contributed by atoms with E-state index in [1.165, 1.54) is 74.4 Å². The molecule has 7 aromatic carbocycles. The molecule has 25 heteroatoms. The Morgan fingerprint density at radius 2 is 0.381 bits per heavy atom. The number of hydrogen-bond acceptors (Lipinski definition) is 13. The monoisotopic (exact) mass is 1440 g/mol. The fraction of sp³-hybridized carbons (Fsp3) is 0.417. The third kappa shape index (κ3) is 21.0. The van der Waals surface area contributed by atoms with Gasteiger partial charge in [0.25, 0.3) is 0 Å². The largest absolute Gasteiger partial charge is 0.299 e. The van der Waals surface area contributed by atoms with E-state index >= 15 is 0 Å². The maximum Gasteiger partial charge on any atom is 0.243 e. The van der Waals surface area contributed by atoms with Crippen LogP contribution in [0, 0.1) is 41.5 Å². The Hall–Kier alpha value is -6.04. The van der Waals surface area contributed by atoms with Gasteiger partial charge in [-0.1, -0.05) is 137 Å². The maximum atomic E-state index is 14.8. The van der Waals surface area contributed by atoms with Gasteiger partial charge < -0.3 is 0 Å². The van der Waals surface area contributed by atoms with Crippen LogP contribution in [0.1, 0.15) is 96.7 Å². The van der Waals surface area contributed by atoms with Crippen molar-refractivity contribution in [2.24, 2.45) is 0 Å². The zero-order valence-corrected chi connectivity index (χ0v) is 61.6. The molecule has 0 spiro atoms. The van der Waals surface area contributed by atoms with Gasteiger partial charge in [0.05, 0.1) is 29.4 Å². The molecule has 0 bridgehead atoms. The molecule has 0 saturated carbocycles. The molecule has 0 aliphatic carbocycles. The number of benzene rings is 7. The lowest BCUT2D eigenvalue weighted by atomic mass is 10.2. The average Bonchev–Trinajstić information content (AvgIpc) is 0.840. The number of rotatable bonds is 14. The quantitative estimate of drug-likeness (QED) is 0.0988. The summed E-state index contributed by atoms with van der Waals surface area (Å²) >= 11 is 0. The Morgan fingerprint density at radius 1 is 0.216 bits per heavy atom. The molecular weight excluding hydrogens is 1350 g/mol. The number of sulfonamides is 6. The molecule has 526 valence electrons. The summed E-state index contributed by atoms with van der Waals surface area (Å²) < 4.78 is 185. The fourth-order valence-electron chi connectivity index (χ4n) is 11.7. The van der Waals surface area contributed by atoms with E-state index in [2.05, 4.69) is 4.90 Å². The van der Waals surface area contributed by atoms with Gasteiger partial charge in [0.1, 0.15) is 0 Å². The van der Waals surface area contributed by atoms with E-state index in [0.717, 1.165) is 38.9 Å². The normalized spacial score (nSPS) is 17.9. The summed E-state index contributed by atoms with van der Waals surface area (Å²) in [5, 5.41) is 0. The van der Waals surface area contributed by atoms with Gasteiger partial charge in [0.2, 0.25) is 60.1 Å². The van der Waals surface area contributed by atoms with Crippen molar-refractivity contribution < 1.29 is 50.5 Å². The first kappa shape index (κ1) is 76.7. The highest BCUT2D eigenvalue weighted by Crippen LogP contribution is 2.27. The van der Waals surface area contributed by atoms with Crippen molar-refractivity contribution in [3.63, 3.8) is 0 Å². The van der Waals surface area contributed by atoms with Gasteiger partial charge >= 0.3 is 0 Å². The number of nitrogens with zero attached hydrogens (tertiary/aromatic N) is 7. The van der Waals surface area contributed by atoms with E-state index in [1.807, 2.05) is 71.9 Å². The van der Waals surface area contributed by atoms with Crippen LogP contribution in [0.4, 0.5) is 0 Å². The van der Waals surface area contributed by atoms with E-state index in [0.29, 0.717) is 32.5 Å². The summed E-state index contributed by atoms with van der Waals surface area (Å²) in [7, 11) is -25.2. The molecule has 1 fully saturated rings. The summed E-state index contributed by atoms with van der Waals surface area (Å²) in [5.41, 5.74) is 6.09. The summed E-state index contributed by atoms with van der Waals surface area (Å²) in [6.07, 6.45) is 1.83. The summed E-state index contributed by atoms with van der Waals surface area (Å²) in [4.78, 5) is 2.47. The minimum absolute atomic E-state index is 0.00643. The van der Waals surface area contributed by atoms with Crippen LogP contribution in [-0.4, -0.2) is 173 Å². The molecule has 0 atom stereocenters. The van der Waals surface area contributed by atoms with Crippen molar-refractivity contribution in [3.05, 3.63) is 215 Å². The zero-order valence-electron chi connectivity index (χ0n) is 56.7. The SMILES string of the molecule is Cc1ccc(S(=O)(=O)N2CCCCN(S(=O)(=O)c3ccc(C)cc3)CCCN(S(=O)(=O)c3ccc(C)cc3)CCCN(S(=O)(=O)c3ccc(C)cc3)CCCN(S(=O)(=O)c3ccc(C)cc3)CCCCN(S(=O)(=O)c3ccc(C)cc3)CCCN(Cc3ccccc3)CCC2)cc1. The highest BCUT2D eigenvalue weighted by molar-refractivity contribution is 7.90. The molecule has 0 N–H and O–H groups in total. The second kappa shape index (κ2) is 34.8. The van der Waals surface area contributed by atoms with E-state index in [9.17, 15) is 50.5 Å². The van der Waals surface area contributed by atoms with Gasteiger partial charge in [-0.25, -0.2) is 50.5 Å². The second-order valence-corrected chi connectivity index (χ2v) is 36.9. The molecule has 1 aliphatic rings. The minimum atomic E-state index is -4.29. The molecule has 0 amide bonds.